The van der Waals surface area contributed by atoms with Crippen molar-refractivity contribution in [2.24, 2.45) is 0 Å². The molecule has 0 unspecified atom stereocenters. The van der Waals surface area contributed by atoms with Gasteiger partial charge in [0.25, 0.3) is 0 Å². The van der Waals surface area contributed by atoms with Gasteiger partial charge in [-0.15, -0.1) is 0 Å². The first-order valence-corrected chi connectivity index (χ1v) is 11.8. The fourth-order valence-electron chi connectivity index (χ4n) is 4.19. The van der Waals surface area contributed by atoms with Crippen molar-refractivity contribution in [2.75, 3.05) is 5.32 Å². The molecule has 194 valence electrons. The number of carbonyl (C=O) groups excluding carboxylic acids is 1. The fourth-order valence-corrected chi connectivity index (χ4v) is 4.19. The van der Waals surface area contributed by atoms with E-state index in [4.69, 9.17) is 4.74 Å². The van der Waals surface area contributed by atoms with Gasteiger partial charge in [-0.25, -0.2) is 19.7 Å². The van der Waals surface area contributed by atoms with E-state index in [0.29, 0.717) is 22.6 Å². The Bertz CT molecular complexity index is 1510. The molecule has 0 radical (unpaired) electrons. The molecule has 38 heavy (non-hydrogen) atoms. The summed E-state index contributed by atoms with van der Waals surface area (Å²) < 4.78 is 50.2. The number of alkyl halides is 3. The van der Waals surface area contributed by atoms with Gasteiger partial charge in [0.1, 0.15) is 17.6 Å². The second-order valence-corrected chi connectivity index (χ2v) is 8.75. The SMILES string of the molecule is C[C@@H](OC(=O)Nc1ccc(-c2c(C#N)c3ccc(Oc4ncccn4)cc3n2C2CCC2)cn1)C(F)(F)F. The fraction of sp³-hybridized carbons (Fsp3) is 0.269. The summed E-state index contributed by atoms with van der Waals surface area (Å²) in [6.45, 7) is 0.738. The first kappa shape index (κ1) is 25.0. The van der Waals surface area contributed by atoms with Crippen LogP contribution in [0.5, 0.6) is 11.8 Å². The van der Waals surface area contributed by atoms with Gasteiger partial charge in [-0.3, -0.25) is 5.32 Å². The Labute approximate surface area is 214 Å². The summed E-state index contributed by atoms with van der Waals surface area (Å²) in [6.07, 6.45) is -0.669. The van der Waals surface area contributed by atoms with Crippen LogP contribution in [0.4, 0.5) is 23.8 Å². The zero-order valence-corrected chi connectivity index (χ0v) is 20.1. The summed E-state index contributed by atoms with van der Waals surface area (Å²) in [6, 6.07) is 12.8. The first-order chi connectivity index (χ1) is 18.2. The Morgan fingerprint density at radius 3 is 2.55 bits per heavy atom. The first-order valence-electron chi connectivity index (χ1n) is 11.8. The van der Waals surface area contributed by atoms with Crippen LogP contribution in [0.15, 0.2) is 55.0 Å². The van der Waals surface area contributed by atoms with Gasteiger partial charge in [0.15, 0.2) is 6.10 Å². The number of anilines is 1. The highest BCUT2D eigenvalue weighted by Crippen LogP contribution is 2.43. The number of hydrogen-bond acceptors (Lipinski definition) is 7. The number of benzene rings is 1. The van der Waals surface area contributed by atoms with Crippen LogP contribution < -0.4 is 10.1 Å². The third kappa shape index (κ3) is 4.95. The lowest BCUT2D eigenvalue weighted by atomic mass is 9.92. The number of rotatable bonds is 6. The number of amides is 1. The summed E-state index contributed by atoms with van der Waals surface area (Å²) >= 11 is 0. The molecular formula is C26H21F3N6O3. The molecule has 1 atom stereocenters. The van der Waals surface area contributed by atoms with Crippen molar-refractivity contribution in [1.29, 1.82) is 5.26 Å². The molecule has 12 heteroatoms. The molecule has 1 saturated carbocycles. The zero-order chi connectivity index (χ0) is 26.9. The molecule has 5 rings (SSSR count). The van der Waals surface area contributed by atoms with Crippen LogP contribution in [-0.4, -0.2) is 37.9 Å². The van der Waals surface area contributed by atoms with E-state index in [9.17, 15) is 23.2 Å². The number of nitriles is 1. The maximum atomic E-state index is 12.7. The van der Waals surface area contributed by atoms with E-state index in [0.717, 1.165) is 37.1 Å². The molecule has 0 spiro atoms. The molecule has 1 aliphatic rings. The van der Waals surface area contributed by atoms with E-state index in [-0.39, 0.29) is 17.9 Å². The zero-order valence-electron chi connectivity index (χ0n) is 20.1. The molecule has 0 aliphatic heterocycles. The van der Waals surface area contributed by atoms with Crippen LogP contribution in [-0.2, 0) is 4.74 Å². The van der Waals surface area contributed by atoms with E-state index in [2.05, 4.69) is 35.6 Å². The third-order valence-corrected chi connectivity index (χ3v) is 6.29. The second-order valence-electron chi connectivity index (χ2n) is 8.75. The van der Waals surface area contributed by atoms with E-state index >= 15 is 0 Å². The maximum absolute atomic E-state index is 12.7. The van der Waals surface area contributed by atoms with Crippen LogP contribution in [0.3, 0.4) is 0 Å². The minimum absolute atomic E-state index is 0.0106. The van der Waals surface area contributed by atoms with Crippen LogP contribution in [0, 0.1) is 11.3 Å². The molecule has 0 bridgehead atoms. The molecule has 1 aromatic carbocycles. The van der Waals surface area contributed by atoms with Gasteiger partial charge in [0.05, 0.1) is 16.8 Å². The number of nitrogens with zero attached hydrogens (tertiary/aromatic N) is 5. The molecule has 4 aromatic rings. The second kappa shape index (κ2) is 10.0. The smallest absolute Gasteiger partial charge is 0.425 e. The topological polar surface area (TPSA) is 115 Å². The van der Waals surface area contributed by atoms with Crippen LogP contribution in [0.25, 0.3) is 22.2 Å². The van der Waals surface area contributed by atoms with Crippen molar-refractivity contribution in [2.45, 2.75) is 44.5 Å². The maximum Gasteiger partial charge on any atom is 0.425 e. The minimum atomic E-state index is -4.67. The molecule has 3 heterocycles. The van der Waals surface area contributed by atoms with Gasteiger partial charge in [-0.2, -0.15) is 18.4 Å². The van der Waals surface area contributed by atoms with Crippen LogP contribution in [0.1, 0.15) is 37.8 Å². The van der Waals surface area contributed by atoms with Crippen molar-refractivity contribution < 1.29 is 27.4 Å². The van der Waals surface area contributed by atoms with Gasteiger partial charge >= 0.3 is 18.3 Å². The lowest BCUT2D eigenvalue weighted by Gasteiger charge is -2.30. The molecule has 1 amide bonds. The summed E-state index contributed by atoms with van der Waals surface area (Å²) in [4.78, 5) is 24.2. The van der Waals surface area contributed by atoms with Gasteiger partial charge in [-0.1, -0.05) is 0 Å². The van der Waals surface area contributed by atoms with Gasteiger partial charge < -0.3 is 14.0 Å². The molecule has 0 saturated heterocycles. The highest BCUT2D eigenvalue weighted by molar-refractivity contribution is 5.95. The summed E-state index contributed by atoms with van der Waals surface area (Å²) in [5, 5.41) is 13.0. The summed E-state index contributed by atoms with van der Waals surface area (Å²) in [5.41, 5.74) is 2.53. The normalized spacial score (nSPS) is 14.4. The van der Waals surface area contributed by atoms with Crippen LogP contribution >= 0.6 is 0 Å². The minimum Gasteiger partial charge on any atom is -0.437 e. The molecule has 1 fully saturated rings. The highest BCUT2D eigenvalue weighted by atomic mass is 19.4. The number of hydrogen-bond donors (Lipinski definition) is 1. The van der Waals surface area contributed by atoms with Crippen molar-refractivity contribution in [3.8, 4) is 29.1 Å². The molecular weight excluding hydrogens is 501 g/mol. The van der Waals surface area contributed by atoms with Crippen molar-refractivity contribution >= 4 is 22.8 Å². The van der Waals surface area contributed by atoms with Gasteiger partial charge in [0.2, 0.25) is 0 Å². The predicted molar refractivity (Wildman–Crippen MR) is 130 cm³/mol. The number of pyridine rings is 1. The molecule has 9 nitrogen and oxygen atoms in total. The van der Waals surface area contributed by atoms with Crippen molar-refractivity contribution in [3.63, 3.8) is 0 Å². The highest BCUT2D eigenvalue weighted by Gasteiger charge is 2.39. The standard InChI is InChI=1S/C26H21F3N6O3/c1-15(26(27,28)29)37-25(36)34-22-9-6-16(14-33-22)23-20(13-30)19-8-7-18(38-24-31-10-3-11-32-24)12-21(19)35(23)17-4-2-5-17/h3,6-12,14-15,17H,2,4-5H2,1H3,(H,33,34,36)/t15-/m1/s1. The predicted octanol–water partition coefficient (Wildman–Crippen LogP) is 6.38. The Kier molecular flexibility index (Phi) is 6.59. The number of ether oxygens (including phenoxy) is 2. The Balaban J connectivity index is 1.48. The third-order valence-electron chi connectivity index (χ3n) is 6.29. The summed E-state index contributed by atoms with van der Waals surface area (Å²) in [7, 11) is 0. The molecule has 1 N–H and O–H groups in total. The quantitative estimate of drug-likeness (QED) is 0.312. The van der Waals surface area contributed by atoms with Crippen molar-refractivity contribution in [3.05, 3.63) is 60.6 Å². The lowest BCUT2D eigenvalue weighted by molar-refractivity contribution is -0.196. The molecule has 3 aromatic heterocycles. The molecule has 1 aliphatic carbocycles. The van der Waals surface area contributed by atoms with E-state index in [1.165, 1.54) is 12.3 Å². The Morgan fingerprint density at radius 2 is 1.95 bits per heavy atom. The average Bonchev–Trinajstić information content (AvgIpc) is 3.16. The van der Waals surface area contributed by atoms with Gasteiger partial charge in [-0.05, 0) is 56.5 Å². The Hall–Kier alpha value is -4.66. The lowest BCUT2D eigenvalue weighted by Crippen LogP contribution is -2.32. The van der Waals surface area contributed by atoms with Gasteiger partial charge in [0, 0.05) is 41.6 Å². The Morgan fingerprint density at radius 1 is 1.18 bits per heavy atom. The number of carbonyl (C=O) groups is 1. The largest absolute Gasteiger partial charge is 0.437 e. The monoisotopic (exact) mass is 522 g/mol. The van der Waals surface area contributed by atoms with E-state index in [1.54, 1.807) is 30.6 Å². The average molecular weight is 522 g/mol. The summed E-state index contributed by atoms with van der Waals surface area (Å²) in [5.74, 6) is 0.526. The number of fused-ring (bicyclic) bond motifs is 1. The number of nitrogens with one attached hydrogen (secondary N) is 1. The number of halogens is 3. The number of aromatic nitrogens is 4. The van der Waals surface area contributed by atoms with E-state index < -0.39 is 18.4 Å². The van der Waals surface area contributed by atoms with E-state index in [1.807, 2.05) is 12.1 Å². The van der Waals surface area contributed by atoms with Crippen molar-refractivity contribution in [1.82, 2.24) is 19.5 Å². The van der Waals surface area contributed by atoms with Crippen LogP contribution in [0.2, 0.25) is 0 Å².